The van der Waals surface area contributed by atoms with E-state index in [9.17, 15) is 19.2 Å². The van der Waals surface area contributed by atoms with Gasteiger partial charge in [-0.15, -0.1) is 0 Å². The van der Waals surface area contributed by atoms with Gasteiger partial charge in [-0.25, -0.2) is 19.6 Å². The number of carbonyl (C=O) groups excluding carboxylic acids is 4. The van der Waals surface area contributed by atoms with E-state index >= 15 is 0 Å². The zero-order valence-corrected chi connectivity index (χ0v) is 38.2. The van der Waals surface area contributed by atoms with Crippen molar-refractivity contribution in [3.63, 3.8) is 0 Å². The summed E-state index contributed by atoms with van der Waals surface area (Å²) in [4.78, 5) is 72.6. The van der Waals surface area contributed by atoms with Gasteiger partial charge in [-0.05, 0) is 77.1 Å². The fourth-order valence-electron chi connectivity index (χ4n) is 8.30. The average molecular weight is 887 g/mol. The lowest BCUT2D eigenvalue weighted by atomic mass is 9.92. The van der Waals surface area contributed by atoms with Crippen LogP contribution in [0.25, 0.3) is 44.2 Å². The lowest BCUT2D eigenvalue weighted by Gasteiger charge is -2.33. The van der Waals surface area contributed by atoms with Gasteiger partial charge < -0.3 is 49.3 Å². The molecule has 2 aromatic heterocycles. The number of methoxy groups -OCH3 is 3. The van der Waals surface area contributed by atoms with Gasteiger partial charge in [0.25, 0.3) is 0 Å². The zero-order valence-electron chi connectivity index (χ0n) is 38.2. The first-order valence-electron chi connectivity index (χ1n) is 21.9. The molecule has 65 heavy (non-hydrogen) atoms. The van der Waals surface area contributed by atoms with Crippen molar-refractivity contribution in [2.45, 2.75) is 78.9 Å². The molecule has 1 aliphatic rings. The fraction of sp³-hybridized carbons (Fsp3) is 0.388. The first-order valence-corrected chi connectivity index (χ1v) is 21.9. The Morgan fingerprint density at radius 1 is 0.831 bits per heavy atom. The molecule has 0 spiro atoms. The second kappa shape index (κ2) is 20.3. The number of imidazole rings is 2. The number of hydrogen-bond donors (Lipinski definition) is 4. The number of benzene rings is 4. The lowest BCUT2D eigenvalue weighted by Crippen LogP contribution is -2.53. The van der Waals surface area contributed by atoms with E-state index < -0.39 is 24.3 Å². The Morgan fingerprint density at radius 2 is 1.58 bits per heavy atom. The van der Waals surface area contributed by atoms with Gasteiger partial charge in [0.05, 0.1) is 56.8 Å². The summed E-state index contributed by atoms with van der Waals surface area (Å²) in [5.41, 5.74) is 6.95. The van der Waals surface area contributed by atoms with Crippen LogP contribution in [0.5, 0.6) is 5.75 Å². The van der Waals surface area contributed by atoms with Gasteiger partial charge in [0.2, 0.25) is 11.8 Å². The third-order valence-electron chi connectivity index (χ3n) is 11.9. The molecular formula is C49H58N8O8. The van der Waals surface area contributed by atoms with Crippen LogP contribution in [0.2, 0.25) is 0 Å². The topological polar surface area (TPSA) is 193 Å². The van der Waals surface area contributed by atoms with Crippen LogP contribution in [-0.4, -0.2) is 100 Å². The van der Waals surface area contributed by atoms with Crippen molar-refractivity contribution in [3.05, 3.63) is 102 Å². The second-order valence-electron chi connectivity index (χ2n) is 17.0. The number of fused-ring (bicyclic) bond motifs is 6. The van der Waals surface area contributed by atoms with Gasteiger partial charge in [-0.2, -0.15) is 0 Å². The molecular weight excluding hydrogens is 829 g/mol. The molecule has 16 nitrogen and oxygen atoms in total. The molecule has 1 aliphatic heterocycles. The molecule has 16 heteroatoms. The summed E-state index contributed by atoms with van der Waals surface area (Å²) in [6, 6.07) is 21.7. The number of carbonyl (C=O) groups is 4. The molecule has 0 saturated heterocycles. The summed E-state index contributed by atoms with van der Waals surface area (Å²) < 4.78 is 21.5. The highest BCUT2D eigenvalue weighted by Gasteiger charge is 2.33. The highest BCUT2D eigenvalue weighted by molar-refractivity contribution is 6.07. The molecule has 3 heterocycles. The Labute approximate surface area is 378 Å². The molecule has 0 radical (unpaired) electrons. The van der Waals surface area contributed by atoms with Crippen molar-refractivity contribution in [3.8, 4) is 28.1 Å². The van der Waals surface area contributed by atoms with Gasteiger partial charge in [0, 0.05) is 30.6 Å². The summed E-state index contributed by atoms with van der Waals surface area (Å²) in [7, 11) is 4.17. The quantitative estimate of drug-likeness (QED) is 0.0700. The molecule has 4 N–H and O–H groups in total. The molecule has 4 amide bonds. The van der Waals surface area contributed by atoms with E-state index in [2.05, 4.69) is 49.9 Å². The SMILES string of the molecule is CC[C@H](C)N(Cc1nc2c(ccc3cc4c(cc32)OCc2cc(-c3cnc(CN(C[C@H](C)COC)C(=O)[C@@H](NC(=O)OC)c5ccccc5)[nH]3)ccc2-4)[nH]1)C(=O)[C@@H](NC(=O)OC)C(C)C. The molecule has 0 aliphatic carbocycles. The Kier molecular flexibility index (Phi) is 14.4. The molecule has 4 aromatic carbocycles. The number of nitrogens with zero attached hydrogens (tertiary/aromatic N) is 4. The number of H-pyrrole nitrogens is 2. The van der Waals surface area contributed by atoms with Crippen molar-refractivity contribution < 1.29 is 38.1 Å². The van der Waals surface area contributed by atoms with Gasteiger partial charge in [-0.3, -0.25) is 9.59 Å². The molecule has 0 saturated carbocycles. The van der Waals surface area contributed by atoms with Crippen LogP contribution in [-0.2, 0) is 43.5 Å². The maximum atomic E-state index is 14.2. The number of ether oxygens (including phenoxy) is 4. The van der Waals surface area contributed by atoms with E-state index in [0.717, 1.165) is 61.9 Å². The van der Waals surface area contributed by atoms with Crippen LogP contribution in [0, 0.1) is 11.8 Å². The molecule has 0 fully saturated rings. The van der Waals surface area contributed by atoms with Crippen LogP contribution >= 0.6 is 0 Å². The van der Waals surface area contributed by atoms with Crippen molar-refractivity contribution in [1.82, 2.24) is 40.4 Å². The number of aromatic amines is 2. The largest absolute Gasteiger partial charge is 0.488 e. The first kappa shape index (κ1) is 46.1. The summed E-state index contributed by atoms with van der Waals surface area (Å²) in [5, 5.41) is 7.33. The van der Waals surface area contributed by atoms with Gasteiger partial charge in [0.1, 0.15) is 36.1 Å². The number of nitrogens with one attached hydrogen (secondary N) is 4. The Balaban J connectivity index is 1.12. The molecule has 6 aromatic rings. The molecule has 4 atom stereocenters. The normalized spacial score (nSPS) is 13.8. The van der Waals surface area contributed by atoms with E-state index in [0.29, 0.717) is 37.0 Å². The maximum absolute atomic E-state index is 14.2. The van der Waals surface area contributed by atoms with E-state index in [1.165, 1.54) is 14.2 Å². The molecule has 7 rings (SSSR count). The summed E-state index contributed by atoms with van der Waals surface area (Å²) in [6.07, 6.45) is 1.12. The number of hydrogen-bond acceptors (Lipinski definition) is 10. The number of aromatic nitrogens is 4. The molecule has 0 unspecified atom stereocenters. The van der Waals surface area contributed by atoms with Gasteiger partial charge in [0.15, 0.2) is 0 Å². The van der Waals surface area contributed by atoms with Crippen LogP contribution in [0.1, 0.15) is 69.9 Å². The van der Waals surface area contributed by atoms with Crippen molar-refractivity contribution in [2.75, 3.05) is 34.5 Å². The van der Waals surface area contributed by atoms with E-state index in [1.807, 2.05) is 71.0 Å². The first-order chi connectivity index (χ1) is 31.3. The monoisotopic (exact) mass is 886 g/mol. The fourth-order valence-corrected chi connectivity index (χ4v) is 8.30. The van der Waals surface area contributed by atoms with E-state index in [-0.39, 0.29) is 42.8 Å². The van der Waals surface area contributed by atoms with Gasteiger partial charge in [-0.1, -0.05) is 76.2 Å². The second-order valence-corrected chi connectivity index (χ2v) is 17.0. The third-order valence-corrected chi connectivity index (χ3v) is 11.9. The van der Waals surface area contributed by atoms with Crippen LogP contribution in [0.3, 0.4) is 0 Å². The van der Waals surface area contributed by atoms with E-state index in [4.69, 9.17) is 23.9 Å². The Morgan fingerprint density at radius 3 is 2.29 bits per heavy atom. The molecule has 0 bridgehead atoms. The van der Waals surface area contributed by atoms with Crippen molar-refractivity contribution in [1.29, 1.82) is 0 Å². The summed E-state index contributed by atoms with van der Waals surface area (Å²) >= 11 is 0. The molecule has 342 valence electrons. The van der Waals surface area contributed by atoms with Crippen molar-refractivity contribution in [2.24, 2.45) is 11.8 Å². The maximum Gasteiger partial charge on any atom is 0.407 e. The lowest BCUT2D eigenvalue weighted by molar-refractivity contribution is -0.137. The van der Waals surface area contributed by atoms with E-state index in [1.54, 1.807) is 35.2 Å². The smallest absolute Gasteiger partial charge is 0.407 e. The minimum Gasteiger partial charge on any atom is -0.488 e. The standard InChI is InChI=1S/C49H58N8O8/c1-9-30(5)57(47(59)43(28(2)3)54-48(60)63-7)25-42-51-38-18-16-32-20-37-35-17-15-33(19-34(35)27-65-40(37)21-36(32)45(38)53-42)39-22-50-41(52-39)24-56(23-29(4)26-62-6)46(58)44(55-49(61)64-8)31-13-11-10-12-14-31/h10-22,28-30,43-44H,9,23-27H2,1-8H3,(H,50,52)(H,51,53)(H,54,60)(H,55,61)/t29-,30-,43-,44-/m0/s1. The summed E-state index contributed by atoms with van der Waals surface area (Å²) in [5.74, 6) is 1.29. The van der Waals surface area contributed by atoms with Gasteiger partial charge >= 0.3 is 12.2 Å². The average Bonchev–Trinajstić information content (AvgIpc) is 3.97. The zero-order chi connectivity index (χ0) is 46.4. The predicted octanol–water partition coefficient (Wildman–Crippen LogP) is 7.88. The van der Waals surface area contributed by atoms with Crippen LogP contribution < -0.4 is 15.4 Å². The van der Waals surface area contributed by atoms with Crippen molar-refractivity contribution >= 4 is 45.8 Å². The number of rotatable bonds is 17. The highest BCUT2D eigenvalue weighted by Crippen LogP contribution is 2.42. The highest BCUT2D eigenvalue weighted by atomic mass is 16.5. The summed E-state index contributed by atoms with van der Waals surface area (Å²) in [6.45, 7) is 11.3. The van der Waals surface area contributed by atoms with Crippen LogP contribution in [0.15, 0.2) is 79.0 Å². The number of amides is 4. The Hall–Kier alpha value is -6.94. The third kappa shape index (κ3) is 10.2. The van der Waals surface area contributed by atoms with Crippen LogP contribution in [0.4, 0.5) is 9.59 Å². The number of alkyl carbamates (subject to hydrolysis) is 2. The Bertz CT molecular complexity index is 2660. The minimum atomic E-state index is -0.971. The minimum absolute atomic E-state index is 0.000844. The predicted molar refractivity (Wildman–Crippen MR) is 247 cm³/mol.